The number of nitrogens with zero attached hydrogens (tertiary/aromatic N) is 1. The van der Waals surface area contributed by atoms with Crippen molar-refractivity contribution in [1.29, 1.82) is 0 Å². The number of hydrogen-bond donors (Lipinski definition) is 3. The van der Waals surface area contributed by atoms with Crippen molar-refractivity contribution in [3.63, 3.8) is 0 Å². The Morgan fingerprint density at radius 2 is 1.81 bits per heavy atom. The highest BCUT2D eigenvalue weighted by Gasteiger charge is 2.10. The first kappa shape index (κ1) is 18.3. The molecule has 27 heavy (non-hydrogen) atoms. The van der Waals surface area contributed by atoms with Gasteiger partial charge in [-0.1, -0.05) is 42.5 Å². The number of anilines is 3. The molecule has 1 heterocycles. The first-order valence-electron chi connectivity index (χ1n) is 8.61. The number of para-hydroxylation sites is 2. The van der Waals surface area contributed by atoms with Gasteiger partial charge in [-0.3, -0.25) is 4.79 Å². The van der Waals surface area contributed by atoms with Crippen LogP contribution in [0, 0.1) is 0 Å². The van der Waals surface area contributed by atoms with Crippen molar-refractivity contribution < 1.29 is 9.53 Å². The van der Waals surface area contributed by atoms with Crippen molar-refractivity contribution in [2.45, 2.75) is 13.0 Å². The number of benzene rings is 2. The Kier molecular flexibility index (Phi) is 5.89. The Hall–Kier alpha value is -3.54. The van der Waals surface area contributed by atoms with Gasteiger partial charge in [0, 0.05) is 30.1 Å². The molecule has 0 aliphatic heterocycles. The number of carbonyl (C=O) groups excluding carboxylic acids is 1. The number of hydrogen-bond acceptors (Lipinski definition) is 5. The molecular weight excluding hydrogens is 340 g/mol. The third-order valence-corrected chi connectivity index (χ3v) is 4.05. The quantitative estimate of drug-likeness (QED) is 0.571. The number of nitrogens with one attached hydrogen (secondary N) is 2. The average molecular weight is 362 g/mol. The van der Waals surface area contributed by atoms with Crippen LogP contribution in [0.1, 0.15) is 11.1 Å². The maximum absolute atomic E-state index is 11.4. The number of methoxy groups -OCH3 is 1. The molecular formula is C21H22N4O2. The summed E-state index contributed by atoms with van der Waals surface area (Å²) < 4.78 is 5.36. The number of carbonyl (C=O) groups is 1. The van der Waals surface area contributed by atoms with Crippen molar-refractivity contribution in [3.8, 4) is 5.75 Å². The van der Waals surface area contributed by atoms with Crippen molar-refractivity contribution >= 4 is 23.1 Å². The molecule has 3 rings (SSSR count). The molecule has 2 aromatic carbocycles. The van der Waals surface area contributed by atoms with Crippen LogP contribution in [0.4, 0.5) is 17.2 Å². The standard InChI is InChI=1S/C21H22N4O2/c1-27-19-10-6-5-9-17(19)25-21-12-18(16(14-24-21)11-20(22)26)23-13-15-7-3-2-4-8-15/h2-10,12,14H,11,13H2,1H3,(H2,22,26)(H2,23,24,25). The van der Waals surface area contributed by atoms with Gasteiger partial charge in [-0.25, -0.2) is 4.98 Å². The van der Waals surface area contributed by atoms with Crippen molar-refractivity contribution in [2.24, 2.45) is 5.73 Å². The van der Waals surface area contributed by atoms with Crippen LogP contribution in [0.15, 0.2) is 66.9 Å². The first-order chi connectivity index (χ1) is 13.2. The van der Waals surface area contributed by atoms with Gasteiger partial charge in [0.2, 0.25) is 5.91 Å². The van der Waals surface area contributed by atoms with Crippen LogP contribution < -0.4 is 21.1 Å². The summed E-state index contributed by atoms with van der Waals surface area (Å²) in [4.78, 5) is 15.8. The Balaban J connectivity index is 1.84. The molecule has 0 fully saturated rings. The fourth-order valence-corrected chi connectivity index (χ4v) is 2.72. The largest absolute Gasteiger partial charge is 0.495 e. The summed E-state index contributed by atoms with van der Waals surface area (Å²) in [6.07, 6.45) is 1.79. The Morgan fingerprint density at radius 1 is 1.07 bits per heavy atom. The van der Waals surface area contributed by atoms with E-state index in [1.165, 1.54) is 0 Å². The van der Waals surface area contributed by atoms with Crippen LogP contribution >= 0.6 is 0 Å². The van der Waals surface area contributed by atoms with Crippen LogP contribution in [0.25, 0.3) is 0 Å². The summed E-state index contributed by atoms with van der Waals surface area (Å²) in [6, 6.07) is 19.5. The number of amides is 1. The van der Waals surface area contributed by atoms with E-state index >= 15 is 0 Å². The first-order valence-corrected chi connectivity index (χ1v) is 8.61. The second-order valence-electron chi connectivity index (χ2n) is 6.03. The van der Waals surface area contributed by atoms with E-state index in [0.29, 0.717) is 12.4 Å². The molecule has 138 valence electrons. The van der Waals surface area contributed by atoms with E-state index in [0.717, 1.165) is 28.3 Å². The smallest absolute Gasteiger partial charge is 0.221 e. The third kappa shape index (κ3) is 4.98. The van der Waals surface area contributed by atoms with Gasteiger partial charge in [-0.05, 0) is 17.7 Å². The fraction of sp³-hybridized carbons (Fsp3) is 0.143. The lowest BCUT2D eigenvalue weighted by Gasteiger charge is -2.15. The van der Waals surface area contributed by atoms with Gasteiger partial charge >= 0.3 is 0 Å². The summed E-state index contributed by atoms with van der Waals surface area (Å²) in [5.41, 5.74) is 8.88. The molecule has 0 aliphatic rings. The summed E-state index contributed by atoms with van der Waals surface area (Å²) in [7, 11) is 1.62. The second-order valence-corrected chi connectivity index (χ2v) is 6.03. The zero-order valence-electron chi connectivity index (χ0n) is 15.1. The molecule has 0 spiro atoms. The molecule has 1 aromatic heterocycles. The molecule has 6 heteroatoms. The van der Waals surface area contributed by atoms with Gasteiger partial charge < -0.3 is 21.1 Å². The molecule has 0 saturated carbocycles. The molecule has 1 amide bonds. The highest BCUT2D eigenvalue weighted by molar-refractivity contribution is 5.79. The van der Waals surface area contributed by atoms with E-state index in [1.807, 2.05) is 60.7 Å². The van der Waals surface area contributed by atoms with Crippen LogP contribution in [0.2, 0.25) is 0 Å². The molecule has 0 saturated heterocycles. The lowest BCUT2D eigenvalue weighted by Crippen LogP contribution is -2.15. The maximum atomic E-state index is 11.4. The van der Waals surface area contributed by atoms with Gasteiger partial charge in [0.1, 0.15) is 11.6 Å². The average Bonchev–Trinajstić information content (AvgIpc) is 2.69. The summed E-state index contributed by atoms with van der Waals surface area (Å²) in [5.74, 6) is 0.965. The van der Waals surface area contributed by atoms with Crippen molar-refractivity contribution in [2.75, 3.05) is 17.7 Å². The van der Waals surface area contributed by atoms with Crippen LogP contribution in [-0.2, 0) is 17.8 Å². The van der Waals surface area contributed by atoms with E-state index in [1.54, 1.807) is 13.3 Å². The Morgan fingerprint density at radius 3 is 2.56 bits per heavy atom. The second kappa shape index (κ2) is 8.71. The maximum Gasteiger partial charge on any atom is 0.221 e. The van der Waals surface area contributed by atoms with Crippen LogP contribution in [0.3, 0.4) is 0 Å². The van der Waals surface area contributed by atoms with Gasteiger partial charge in [-0.15, -0.1) is 0 Å². The third-order valence-electron chi connectivity index (χ3n) is 4.05. The highest BCUT2D eigenvalue weighted by Crippen LogP contribution is 2.28. The minimum atomic E-state index is -0.398. The molecule has 0 radical (unpaired) electrons. The SMILES string of the molecule is COc1ccccc1Nc1cc(NCc2ccccc2)c(CC(N)=O)cn1. The van der Waals surface area contributed by atoms with Gasteiger partial charge in [0.05, 0.1) is 19.2 Å². The number of ether oxygens (including phenoxy) is 1. The summed E-state index contributed by atoms with van der Waals surface area (Å²) >= 11 is 0. The topological polar surface area (TPSA) is 89.3 Å². The lowest BCUT2D eigenvalue weighted by atomic mass is 10.1. The molecule has 6 nitrogen and oxygen atoms in total. The molecule has 0 bridgehead atoms. The predicted molar refractivity (Wildman–Crippen MR) is 107 cm³/mol. The lowest BCUT2D eigenvalue weighted by molar-refractivity contribution is -0.117. The Bertz CT molecular complexity index is 913. The van der Waals surface area contributed by atoms with Gasteiger partial charge in [0.15, 0.2) is 0 Å². The Labute approximate surface area is 158 Å². The minimum Gasteiger partial charge on any atom is -0.495 e. The molecule has 0 aliphatic carbocycles. The zero-order chi connectivity index (χ0) is 19.1. The number of rotatable bonds is 8. The minimum absolute atomic E-state index is 0.124. The van der Waals surface area contributed by atoms with E-state index < -0.39 is 5.91 Å². The number of pyridine rings is 1. The van der Waals surface area contributed by atoms with E-state index in [-0.39, 0.29) is 6.42 Å². The van der Waals surface area contributed by atoms with Crippen LogP contribution in [-0.4, -0.2) is 18.0 Å². The van der Waals surface area contributed by atoms with Crippen LogP contribution in [0.5, 0.6) is 5.75 Å². The molecule has 3 aromatic rings. The van der Waals surface area contributed by atoms with Gasteiger partial charge in [0.25, 0.3) is 0 Å². The zero-order valence-corrected chi connectivity index (χ0v) is 15.1. The monoisotopic (exact) mass is 362 g/mol. The van der Waals surface area contributed by atoms with E-state index in [2.05, 4.69) is 15.6 Å². The number of nitrogens with two attached hydrogens (primary N) is 1. The fourth-order valence-electron chi connectivity index (χ4n) is 2.72. The van der Waals surface area contributed by atoms with Gasteiger partial charge in [-0.2, -0.15) is 0 Å². The molecule has 4 N–H and O–H groups in total. The molecule has 0 unspecified atom stereocenters. The highest BCUT2D eigenvalue weighted by atomic mass is 16.5. The normalized spacial score (nSPS) is 10.3. The summed E-state index contributed by atoms with van der Waals surface area (Å²) in [6.45, 7) is 0.630. The number of aromatic nitrogens is 1. The van der Waals surface area contributed by atoms with E-state index in [9.17, 15) is 4.79 Å². The number of primary amides is 1. The van der Waals surface area contributed by atoms with Crippen molar-refractivity contribution in [1.82, 2.24) is 4.98 Å². The summed E-state index contributed by atoms with van der Waals surface area (Å²) in [5, 5.41) is 6.62. The molecule has 0 atom stereocenters. The van der Waals surface area contributed by atoms with Crippen molar-refractivity contribution in [3.05, 3.63) is 78.0 Å². The van der Waals surface area contributed by atoms with E-state index in [4.69, 9.17) is 10.5 Å². The predicted octanol–water partition coefficient (Wildman–Crippen LogP) is 3.47.